The number of halogens is 1. The zero-order chi connectivity index (χ0) is 10.1. The van der Waals surface area contributed by atoms with Gasteiger partial charge in [-0.15, -0.1) is 0 Å². The Hall–Kier alpha value is -1.10. The van der Waals surface area contributed by atoms with Gasteiger partial charge in [-0.2, -0.15) is 4.68 Å². The Morgan fingerprint density at radius 2 is 2.43 bits per heavy atom. The molecule has 0 saturated heterocycles. The highest BCUT2D eigenvalue weighted by molar-refractivity contribution is 6.32. The molecule has 0 bridgehead atoms. The summed E-state index contributed by atoms with van der Waals surface area (Å²) in [6, 6.07) is 0. The molecule has 1 heterocycles. The van der Waals surface area contributed by atoms with Crippen molar-refractivity contribution in [2.24, 2.45) is 5.92 Å². The number of rotatable bonds is 4. The molecule has 14 heavy (non-hydrogen) atoms. The van der Waals surface area contributed by atoms with E-state index in [9.17, 15) is 10.1 Å². The van der Waals surface area contributed by atoms with Crippen molar-refractivity contribution in [1.82, 2.24) is 9.78 Å². The minimum Gasteiger partial charge on any atom is -0.358 e. The van der Waals surface area contributed by atoms with E-state index < -0.39 is 4.92 Å². The fourth-order valence-corrected chi connectivity index (χ4v) is 1.57. The molecule has 1 aromatic heterocycles. The quantitative estimate of drug-likeness (QED) is 0.572. The van der Waals surface area contributed by atoms with E-state index in [1.807, 2.05) is 0 Å². The van der Waals surface area contributed by atoms with Gasteiger partial charge in [0, 0.05) is 0 Å². The summed E-state index contributed by atoms with van der Waals surface area (Å²) < 4.78 is 1.55. The molecule has 0 aromatic carbocycles. The zero-order valence-electron chi connectivity index (χ0n) is 7.52. The van der Waals surface area contributed by atoms with Gasteiger partial charge in [-0.05, 0) is 17.3 Å². The van der Waals surface area contributed by atoms with E-state index in [4.69, 9.17) is 11.6 Å². The van der Waals surface area contributed by atoms with Crippen molar-refractivity contribution in [2.75, 3.05) is 0 Å². The predicted molar refractivity (Wildman–Crippen MR) is 51.2 cm³/mol. The van der Waals surface area contributed by atoms with Crippen LogP contribution in [0.25, 0.3) is 0 Å². The van der Waals surface area contributed by atoms with Gasteiger partial charge in [-0.25, -0.2) is 0 Å². The first-order valence-corrected chi connectivity index (χ1v) is 4.92. The summed E-state index contributed by atoms with van der Waals surface area (Å²) in [4.78, 5) is 9.87. The third-order valence-electron chi connectivity index (χ3n) is 2.34. The maximum absolute atomic E-state index is 10.4. The van der Waals surface area contributed by atoms with Crippen LogP contribution in [0, 0.1) is 16.0 Å². The zero-order valence-corrected chi connectivity index (χ0v) is 8.28. The van der Waals surface area contributed by atoms with Crippen LogP contribution in [0.2, 0.25) is 5.02 Å². The summed E-state index contributed by atoms with van der Waals surface area (Å²) >= 11 is 5.65. The van der Waals surface area contributed by atoms with Crippen LogP contribution in [-0.4, -0.2) is 14.7 Å². The third-order valence-corrected chi connectivity index (χ3v) is 2.60. The number of aryl methyl sites for hydroxylation is 1. The molecule has 1 aliphatic carbocycles. The summed E-state index contributed by atoms with van der Waals surface area (Å²) in [7, 11) is 0. The summed E-state index contributed by atoms with van der Waals surface area (Å²) in [5.74, 6) is 0.541. The van der Waals surface area contributed by atoms with Crippen LogP contribution < -0.4 is 0 Å². The molecule has 0 aliphatic heterocycles. The van der Waals surface area contributed by atoms with Crippen LogP contribution in [0.1, 0.15) is 19.3 Å². The largest absolute Gasteiger partial charge is 0.408 e. The Morgan fingerprint density at radius 1 is 1.71 bits per heavy atom. The molecule has 1 aliphatic rings. The number of aromatic nitrogens is 2. The molecule has 0 unspecified atom stereocenters. The van der Waals surface area contributed by atoms with Gasteiger partial charge < -0.3 is 10.1 Å². The number of hydrogen-bond donors (Lipinski definition) is 0. The van der Waals surface area contributed by atoms with Crippen LogP contribution >= 0.6 is 11.6 Å². The summed E-state index contributed by atoms with van der Waals surface area (Å²) in [6.07, 6.45) is 5.10. The number of nitro groups is 1. The minimum atomic E-state index is -0.560. The maximum Gasteiger partial charge on any atom is 0.408 e. The van der Waals surface area contributed by atoms with E-state index in [0.29, 0.717) is 0 Å². The summed E-state index contributed by atoms with van der Waals surface area (Å²) in [5.41, 5.74) is 0. The van der Waals surface area contributed by atoms with E-state index >= 15 is 0 Å². The smallest absolute Gasteiger partial charge is 0.358 e. The van der Waals surface area contributed by atoms with Gasteiger partial charge in [0.15, 0.2) is 5.02 Å². The van der Waals surface area contributed by atoms with Crippen molar-refractivity contribution >= 4 is 17.4 Å². The first-order chi connectivity index (χ1) is 6.66. The molecular weight excluding hydrogens is 206 g/mol. The molecule has 1 fully saturated rings. The molecule has 0 N–H and O–H groups in total. The lowest BCUT2D eigenvalue weighted by atomic mass is 10.3. The molecule has 0 atom stereocenters. The molecule has 0 radical (unpaired) electrons. The summed E-state index contributed by atoms with van der Waals surface area (Å²) in [5, 5.41) is 14.3. The van der Waals surface area contributed by atoms with Crippen molar-refractivity contribution < 1.29 is 4.92 Å². The Bertz CT molecular complexity index is 359. The molecule has 5 nitrogen and oxygen atoms in total. The monoisotopic (exact) mass is 215 g/mol. The van der Waals surface area contributed by atoms with Crippen molar-refractivity contribution in [3.63, 3.8) is 0 Å². The molecule has 0 amide bonds. The van der Waals surface area contributed by atoms with Gasteiger partial charge in [0.1, 0.15) is 0 Å². The summed E-state index contributed by atoms with van der Waals surface area (Å²) in [6.45, 7) is 0.720. The normalized spacial score (nSPS) is 15.8. The van der Waals surface area contributed by atoms with Gasteiger partial charge in [0.2, 0.25) is 0 Å². The van der Waals surface area contributed by atoms with Crippen LogP contribution in [0.5, 0.6) is 0 Å². The number of hydrogen-bond acceptors (Lipinski definition) is 3. The van der Waals surface area contributed by atoms with Gasteiger partial charge in [-0.3, -0.25) is 0 Å². The van der Waals surface area contributed by atoms with Gasteiger partial charge in [0.25, 0.3) is 0 Å². The first kappa shape index (κ1) is 9.45. The van der Waals surface area contributed by atoms with Crippen molar-refractivity contribution in [3.05, 3.63) is 21.3 Å². The van der Waals surface area contributed by atoms with Gasteiger partial charge >= 0.3 is 5.82 Å². The number of nitrogens with zero attached hydrogens (tertiary/aromatic N) is 3. The van der Waals surface area contributed by atoms with Crippen LogP contribution in [0.3, 0.4) is 0 Å². The van der Waals surface area contributed by atoms with E-state index in [2.05, 4.69) is 5.10 Å². The maximum atomic E-state index is 10.4. The van der Waals surface area contributed by atoms with Crippen LogP contribution in [0.15, 0.2) is 6.20 Å². The lowest BCUT2D eigenvalue weighted by Crippen LogP contribution is -2.00. The molecule has 76 valence electrons. The second kappa shape index (κ2) is 3.57. The van der Waals surface area contributed by atoms with E-state index in [1.54, 1.807) is 4.68 Å². The second-order valence-corrected chi connectivity index (χ2v) is 3.96. The van der Waals surface area contributed by atoms with E-state index in [0.717, 1.165) is 18.9 Å². The molecule has 1 aromatic rings. The second-order valence-electron chi connectivity index (χ2n) is 3.55. The topological polar surface area (TPSA) is 61.0 Å². The van der Waals surface area contributed by atoms with Crippen molar-refractivity contribution in [2.45, 2.75) is 25.8 Å². The predicted octanol–water partition coefficient (Wildman–Crippen LogP) is 2.24. The van der Waals surface area contributed by atoms with Gasteiger partial charge in [-0.1, -0.05) is 24.4 Å². The van der Waals surface area contributed by atoms with E-state index in [-0.39, 0.29) is 10.8 Å². The Morgan fingerprint density at radius 3 is 2.93 bits per heavy atom. The van der Waals surface area contributed by atoms with Crippen molar-refractivity contribution in [1.29, 1.82) is 0 Å². The van der Waals surface area contributed by atoms with Crippen molar-refractivity contribution in [3.8, 4) is 0 Å². The molecule has 1 saturated carbocycles. The molecular formula is C8H10ClN3O2. The van der Waals surface area contributed by atoms with Crippen LogP contribution in [-0.2, 0) is 6.54 Å². The first-order valence-electron chi connectivity index (χ1n) is 4.54. The average molecular weight is 216 g/mol. The van der Waals surface area contributed by atoms with E-state index in [1.165, 1.54) is 19.0 Å². The molecule has 6 heteroatoms. The molecule has 0 spiro atoms. The standard InChI is InChI=1S/C8H10ClN3O2/c9-7-5-11(4-3-6-1-2-6)10-8(7)12(13)14/h5-6H,1-4H2. The Kier molecular flexibility index (Phi) is 2.41. The lowest BCUT2D eigenvalue weighted by molar-refractivity contribution is -0.389. The minimum absolute atomic E-state index is 0.116. The Balaban J connectivity index is 2.02. The average Bonchev–Trinajstić information content (AvgIpc) is 2.86. The highest BCUT2D eigenvalue weighted by Crippen LogP contribution is 2.33. The van der Waals surface area contributed by atoms with Crippen LogP contribution in [0.4, 0.5) is 5.82 Å². The Labute approximate surface area is 85.8 Å². The lowest BCUT2D eigenvalue weighted by Gasteiger charge is -1.93. The highest BCUT2D eigenvalue weighted by atomic mass is 35.5. The fraction of sp³-hybridized carbons (Fsp3) is 0.625. The SMILES string of the molecule is O=[N+]([O-])c1nn(CCC2CC2)cc1Cl. The van der Waals surface area contributed by atoms with Gasteiger partial charge in [0.05, 0.1) is 17.8 Å². The third kappa shape index (κ3) is 2.04. The fourth-order valence-electron chi connectivity index (χ4n) is 1.35. The highest BCUT2D eigenvalue weighted by Gasteiger charge is 2.23. The molecule has 2 rings (SSSR count).